The second kappa shape index (κ2) is 9.81. The maximum absolute atomic E-state index is 13.3. The summed E-state index contributed by atoms with van der Waals surface area (Å²) in [4.78, 5) is 20.8. The van der Waals surface area contributed by atoms with E-state index >= 15 is 0 Å². The first-order valence-corrected chi connectivity index (χ1v) is 11.7. The van der Waals surface area contributed by atoms with Crippen molar-refractivity contribution in [2.75, 3.05) is 24.5 Å². The number of aromatic nitrogens is 1. The molecule has 7 heteroatoms. The molecule has 2 aliphatic rings. The third-order valence-corrected chi connectivity index (χ3v) is 6.58. The number of benzene rings is 2. The van der Waals surface area contributed by atoms with Crippen molar-refractivity contribution >= 4 is 11.8 Å². The monoisotopic (exact) mass is 461 g/mol. The van der Waals surface area contributed by atoms with Crippen LogP contribution in [0.2, 0.25) is 0 Å². The van der Waals surface area contributed by atoms with Crippen molar-refractivity contribution in [3.8, 4) is 5.75 Å². The molecule has 34 heavy (non-hydrogen) atoms. The van der Waals surface area contributed by atoms with Crippen molar-refractivity contribution in [1.29, 1.82) is 0 Å². The molecule has 5 rings (SSSR count). The highest BCUT2D eigenvalue weighted by atomic mass is 19.1. The van der Waals surface area contributed by atoms with E-state index in [0.717, 1.165) is 55.8 Å². The van der Waals surface area contributed by atoms with Crippen LogP contribution in [-0.4, -0.2) is 41.2 Å². The number of amides is 1. The van der Waals surface area contributed by atoms with E-state index in [9.17, 15) is 9.18 Å². The van der Waals surface area contributed by atoms with Crippen molar-refractivity contribution < 1.29 is 18.7 Å². The zero-order valence-corrected chi connectivity index (χ0v) is 19.0. The summed E-state index contributed by atoms with van der Waals surface area (Å²) >= 11 is 0. The van der Waals surface area contributed by atoms with Gasteiger partial charge < -0.3 is 9.47 Å². The van der Waals surface area contributed by atoms with Crippen LogP contribution in [0.25, 0.3) is 0 Å². The van der Waals surface area contributed by atoms with E-state index < -0.39 is 5.60 Å². The second-order valence-electron chi connectivity index (χ2n) is 9.00. The molecule has 0 bridgehead atoms. The number of carbonyl (C=O) groups is 1. The third kappa shape index (κ3) is 5.04. The van der Waals surface area contributed by atoms with Gasteiger partial charge in [0.2, 0.25) is 0 Å². The smallest absolute Gasteiger partial charge is 0.415 e. The molecule has 0 aliphatic carbocycles. The zero-order valence-electron chi connectivity index (χ0n) is 19.0. The first-order chi connectivity index (χ1) is 16.6. The topological polar surface area (TPSA) is 54.9 Å². The molecule has 1 aromatic heterocycles. The highest BCUT2D eigenvalue weighted by Gasteiger charge is 2.46. The number of anilines is 1. The van der Waals surface area contributed by atoms with Gasteiger partial charge in [-0.3, -0.25) is 14.8 Å². The number of rotatable bonds is 6. The predicted molar refractivity (Wildman–Crippen MR) is 127 cm³/mol. The van der Waals surface area contributed by atoms with Gasteiger partial charge in [0.25, 0.3) is 0 Å². The fourth-order valence-electron chi connectivity index (χ4n) is 4.75. The summed E-state index contributed by atoms with van der Waals surface area (Å²) in [6, 6.07) is 18.0. The summed E-state index contributed by atoms with van der Waals surface area (Å²) in [5.41, 5.74) is 2.34. The van der Waals surface area contributed by atoms with Gasteiger partial charge in [0.05, 0.1) is 6.54 Å². The van der Waals surface area contributed by atoms with Gasteiger partial charge in [0.1, 0.15) is 23.8 Å². The van der Waals surface area contributed by atoms with Crippen molar-refractivity contribution in [3.63, 3.8) is 0 Å². The molecule has 1 atom stereocenters. The van der Waals surface area contributed by atoms with Crippen molar-refractivity contribution in [2.45, 2.75) is 38.0 Å². The molecule has 6 nitrogen and oxygen atoms in total. The van der Waals surface area contributed by atoms with Gasteiger partial charge in [-0.25, -0.2) is 9.18 Å². The molecule has 2 aromatic carbocycles. The van der Waals surface area contributed by atoms with Gasteiger partial charge in [-0.05, 0) is 55.8 Å². The molecule has 1 amide bonds. The minimum absolute atomic E-state index is 0.319. The standard InChI is InChI=1S/C27H28FN3O3/c28-23-8-10-24(11-9-23)31-20-27(34-26(31)32)12-4-15-30(16-13-27)18-22-6-1-2-7-25(22)33-19-21-5-3-14-29-17-21/h1-3,5-11,14,17H,4,12-13,15-16,18-20H2/t27-/m0/s1. The van der Waals surface area contributed by atoms with E-state index in [1.165, 1.54) is 12.1 Å². The van der Waals surface area contributed by atoms with Crippen molar-refractivity contribution in [2.24, 2.45) is 0 Å². The Bertz CT molecular complexity index is 1130. The Kier molecular flexibility index (Phi) is 6.45. The number of likely N-dealkylation sites (tertiary alicyclic amines) is 1. The van der Waals surface area contributed by atoms with Crippen LogP contribution < -0.4 is 9.64 Å². The number of carbonyl (C=O) groups excluding carboxylic acids is 1. The van der Waals surface area contributed by atoms with Crippen molar-refractivity contribution in [3.05, 3.63) is 90.0 Å². The molecule has 0 saturated carbocycles. The molecule has 3 aromatic rings. The zero-order chi connectivity index (χ0) is 23.4. The van der Waals surface area contributed by atoms with Gasteiger partial charge in [-0.2, -0.15) is 0 Å². The van der Waals surface area contributed by atoms with Crippen molar-refractivity contribution in [1.82, 2.24) is 9.88 Å². The Hall–Kier alpha value is -3.45. The number of nitrogens with zero attached hydrogens (tertiary/aromatic N) is 3. The number of halogens is 1. The Labute approximate surface area is 198 Å². The molecule has 176 valence electrons. The molecule has 0 radical (unpaired) electrons. The van der Waals surface area contributed by atoms with E-state index in [2.05, 4.69) is 16.0 Å². The van der Waals surface area contributed by atoms with Gasteiger partial charge in [0, 0.05) is 48.7 Å². The lowest BCUT2D eigenvalue weighted by atomic mass is 9.95. The Morgan fingerprint density at radius 1 is 1.03 bits per heavy atom. The Balaban J connectivity index is 1.22. The van der Waals surface area contributed by atoms with Crippen LogP contribution in [0.1, 0.15) is 30.4 Å². The minimum Gasteiger partial charge on any atom is -0.489 e. The van der Waals surface area contributed by atoms with Crippen LogP contribution in [0.5, 0.6) is 5.75 Å². The predicted octanol–water partition coefficient (Wildman–Crippen LogP) is 5.18. The number of pyridine rings is 1. The number of hydrogen-bond acceptors (Lipinski definition) is 5. The highest BCUT2D eigenvalue weighted by Crippen LogP contribution is 2.36. The summed E-state index contributed by atoms with van der Waals surface area (Å²) < 4.78 is 25.3. The molecule has 2 fully saturated rings. The fourth-order valence-corrected chi connectivity index (χ4v) is 4.75. The Morgan fingerprint density at radius 3 is 2.71 bits per heavy atom. The Morgan fingerprint density at radius 2 is 1.88 bits per heavy atom. The van der Waals surface area contributed by atoms with Crippen LogP contribution in [-0.2, 0) is 17.9 Å². The second-order valence-corrected chi connectivity index (χ2v) is 9.00. The van der Waals surface area contributed by atoms with Crippen LogP contribution in [0.4, 0.5) is 14.9 Å². The quantitative estimate of drug-likeness (QED) is 0.506. The maximum atomic E-state index is 13.3. The lowest BCUT2D eigenvalue weighted by Crippen LogP contribution is -2.36. The van der Waals surface area contributed by atoms with Crippen LogP contribution in [0.15, 0.2) is 73.1 Å². The van der Waals surface area contributed by atoms with E-state index in [0.29, 0.717) is 18.8 Å². The maximum Gasteiger partial charge on any atom is 0.415 e. The molecule has 0 unspecified atom stereocenters. The summed E-state index contributed by atoms with van der Waals surface area (Å²) in [5.74, 6) is 0.556. The average molecular weight is 462 g/mol. The summed E-state index contributed by atoms with van der Waals surface area (Å²) in [5, 5.41) is 0. The SMILES string of the molecule is O=C1O[C@]2(CCCN(Cc3ccccc3OCc3cccnc3)CC2)CN1c1ccc(F)cc1. The van der Waals surface area contributed by atoms with Crippen LogP contribution in [0.3, 0.4) is 0 Å². The molecule has 2 saturated heterocycles. The molecule has 1 spiro atoms. The lowest BCUT2D eigenvalue weighted by Gasteiger charge is -2.26. The number of para-hydroxylation sites is 1. The van der Waals surface area contributed by atoms with Gasteiger partial charge in [-0.15, -0.1) is 0 Å². The first-order valence-electron chi connectivity index (χ1n) is 11.7. The van der Waals surface area contributed by atoms with Crippen LogP contribution >= 0.6 is 0 Å². The minimum atomic E-state index is -0.503. The van der Waals surface area contributed by atoms with E-state index in [1.54, 1.807) is 23.2 Å². The molecule has 0 N–H and O–H groups in total. The van der Waals surface area contributed by atoms with E-state index in [4.69, 9.17) is 9.47 Å². The fraction of sp³-hybridized carbons (Fsp3) is 0.333. The largest absolute Gasteiger partial charge is 0.489 e. The third-order valence-electron chi connectivity index (χ3n) is 6.58. The summed E-state index contributed by atoms with van der Waals surface area (Å²) in [7, 11) is 0. The lowest BCUT2D eigenvalue weighted by molar-refractivity contribution is 0.0443. The highest BCUT2D eigenvalue weighted by molar-refractivity contribution is 5.90. The van der Waals surface area contributed by atoms with Gasteiger partial charge >= 0.3 is 6.09 Å². The average Bonchev–Trinajstić information content (AvgIpc) is 3.06. The molecular formula is C27H28FN3O3. The van der Waals surface area contributed by atoms with Gasteiger partial charge in [-0.1, -0.05) is 24.3 Å². The summed E-state index contributed by atoms with van der Waals surface area (Å²) in [6.07, 6.45) is 5.72. The van der Waals surface area contributed by atoms with Crippen LogP contribution in [0, 0.1) is 5.82 Å². The molecular weight excluding hydrogens is 433 g/mol. The summed E-state index contributed by atoms with van der Waals surface area (Å²) in [6.45, 7) is 3.49. The number of hydrogen-bond donors (Lipinski definition) is 0. The number of ether oxygens (including phenoxy) is 2. The molecule has 3 heterocycles. The first kappa shape index (κ1) is 22.3. The van der Waals surface area contributed by atoms with Gasteiger partial charge in [0.15, 0.2) is 0 Å². The van der Waals surface area contributed by atoms with E-state index in [1.807, 2.05) is 36.5 Å². The molecule has 2 aliphatic heterocycles. The normalized spacial score (nSPS) is 20.9. The van der Waals surface area contributed by atoms with E-state index in [-0.39, 0.29) is 11.9 Å².